The number of carbonyl (C=O) groups excluding carboxylic acids is 2. The predicted molar refractivity (Wildman–Crippen MR) is 71.2 cm³/mol. The van der Waals surface area contributed by atoms with E-state index in [-0.39, 0.29) is 5.91 Å². The number of nitrogens with one attached hydrogen (secondary N) is 1. The van der Waals surface area contributed by atoms with Crippen molar-refractivity contribution in [1.29, 1.82) is 0 Å². The summed E-state index contributed by atoms with van der Waals surface area (Å²) < 4.78 is 0. The van der Waals surface area contributed by atoms with Crippen molar-refractivity contribution in [1.82, 2.24) is 15.1 Å². The van der Waals surface area contributed by atoms with Gasteiger partial charge in [-0.3, -0.25) is 9.59 Å². The fourth-order valence-corrected chi connectivity index (χ4v) is 2.19. The van der Waals surface area contributed by atoms with Crippen LogP contribution in [0.15, 0.2) is 0 Å². The molecule has 0 aromatic carbocycles. The van der Waals surface area contributed by atoms with Crippen LogP contribution in [0.25, 0.3) is 0 Å². The molecule has 1 heterocycles. The van der Waals surface area contributed by atoms with Gasteiger partial charge in [-0.05, 0) is 45.8 Å². The molecule has 2 amide bonds. The second-order valence-corrected chi connectivity index (χ2v) is 5.41. The van der Waals surface area contributed by atoms with Gasteiger partial charge in [0.25, 0.3) is 0 Å². The summed E-state index contributed by atoms with van der Waals surface area (Å²) in [5.74, 6) is -0.321. The van der Waals surface area contributed by atoms with Gasteiger partial charge in [-0.15, -0.1) is 0 Å². The molecule has 0 aliphatic carbocycles. The zero-order chi connectivity index (χ0) is 13.5. The summed E-state index contributed by atoms with van der Waals surface area (Å²) in [6.45, 7) is 5.02. The number of rotatable bonds is 4. The van der Waals surface area contributed by atoms with E-state index in [1.165, 1.54) is 0 Å². The van der Waals surface area contributed by atoms with Crippen LogP contribution in [-0.4, -0.2) is 61.9 Å². The number of nitrogens with zero attached hydrogens (tertiary/aromatic N) is 2. The molecule has 1 N–H and O–H groups in total. The largest absolute Gasteiger partial charge is 0.348 e. The van der Waals surface area contributed by atoms with Crippen molar-refractivity contribution < 1.29 is 9.59 Å². The smallest absolute Gasteiger partial charge is 0.311 e. The van der Waals surface area contributed by atoms with Crippen molar-refractivity contribution in [2.75, 3.05) is 40.3 Å². The van der Waals surface area contributed by atoms with Crippen LogP contribution in [0.3, 0.4) is 0 Å². The Balaban J connectivity index is 2.26. The quantitative estimate of drug-likeness (QED) is 0.581. The SMILES string of the molecule is CC1CCCN(C(=O)C(=O)NCCCN(C)C)C1. The zero-order valence-corrected chi connectivity index (χ0v) is 11.7. The average Bonchev–Trinajstić information content (AvgIpc) is 2.33. The highest BCUT2D eigenvalue weighted by Crippen LogP contribution is 2.15. The molecule has 0 aromatic heterocycles. The van der Waals surface area contributed by atoms with E-state index < -0.39 is 5.91 Å². The molecule has 1 atom stereocenters. The van der Waals surface area contributed by atoms with E-state index >= 15 is 0 Å². The molecule has 1 rings (SSSR count). The Hall–Kier alpha value is -1.10. The number of amides is 2. The minimum Gasteiger partial charge on any atom is -0.348 e. The van der Waals surface area contributed by atoms with Crippen LogP contribution in [0.2, 0.25) is 0 Å². The van der Waals surface area contributed by atoms with E-state index in [1.807, 2.05) is 14.1 Å². The molecule has 1 fully saturated rings. The van der Waals surface area contributed by atoms with Crippen LogP contribution in [0, 0.1) is 5.92 Å². The lowest BCUT2D eigenvalue weighted by atomic mass is 10.0. The third-order valence-corrected chi connectivity index (χ3v) is 3.21. The highest BCUT2D eigenvalue weighted by Gasteiger charge is 2.25. The topological polar surface area (TPSA) is 52.7 Å². The molecule has 5 heteroatoms. The molecule has 1 saturated heterocycles. The van der Waals surface area contributed by atoms with Crippen LogP contribution in [-0.2, 0) is 9.59 Å². The molecular weight excluding hydrogens is 230 g/mol. The van der Waals surface area contributed by atoms with E-state index in [4.69, 9.17) is 0 Å². The molecule has 1 aliphatic rings. The minimum atomic E-state index is -0.456. The molecule has 5 nitrogen and oxygen atoms in total. The van der Waals surface area contributed by atoms with Crippen molar-refractivity contribution in [2.45, 2.75) is 26.2 Å². The monoisotopic (exact) mass is 255 g/mol. The summed E-state index contributed by atoms with van der Waals surface area (Å²) in [6, 6.07) is 0. The highest BCUT2D eigenvalue weighted by molar-refractivity contribution is 6.35. The van der Waals surface area contributed by atoms with E-state index in [2.05, 4.69) is 17.1 Å². The van der Waals surface area contributed by atoms with Crippen molar-refractivity contribution in [3.8, 4) is 0 Å². The maximum atomic E-state index is 11.9. The van der Waals surface area contributed by atoms with Crippen LogP contribution in [0.1, 0.15) is 26.2 Å². The first-order valence-corrected chi connectivity index (χ1v) is 6.72. The van der Waals surface area contributed by atoms with E-state index in [9.17, 15) is 9.59 Å². The van der Waals surface area contributed by atoms with Gasteiger partial charge in [0.05, 0.1) is 0 Å². The van der Waals surface area contributed by atoms with Gasteiger partial charge >= 0.3 is 11.8 Å². The number of carbonyl (C=O) groups is 2. The lowest BCUT2D eigenvalue weighted by Gasteiger charge is -2.30. The summed E-state index contributed by atoms with van der Waals surface area (Å²) in [5.41, 5.74) is 0. The Morgan fingerprint density at radius 3 is 2.72 bits per heavy atom. The summed E-state index contributed by atoms with van der Waals surface area (Å²) in [4.78, 5) is 27.3. The summed E-state index contributed by atoms with van der Waals surface area (Å²) >= 11 is 0. The molecular formula is C13H25N3O2. The van der Waals surface area contributed by atoms with Crippen molar-refractivity contribution in [3.63, 3.8) is 0 Å². The molecule has 0 radical (unpaired) electrons. The fourth-order valence-electron chi connectivity index (χ4n) is 2.19. The Morgan fingerprint density at radius 1 is 1.39 bits per heavy atom. The standard InChI is InChI=1S/C13H25N3O2/c1-11-6-4-9-16(10-11)13(18)12(17)14-7-5-8-15(2)3/h11H,4-10H2,1-3H3,(H,14,17). The Labute approximate surface area is 110 Å². The summed E-state index contributed by atoms with van der Waals surface area (Å²) in [6.07, 6.45) is 3.01. The number of piperidine rings is 1. The van der Waals surface area contributed by atoms with Gasteiger partial charge in [0.1, 0.15) is 0 Å². The van der Waals surface area contributed by atoms with Crippen LogP contribution < -0.4 is 5.32 Å². The third kappa shape index (κ3) is 5.04. The predicted octanol–water partition coefficient (Wildman–Crippen LogP) is 0.313. The first-order chi connectivity index (χ1) is 8.50. The van der Waals surface area contributed by atoms with Gasteiger partial charge in [-0.25, -0.2) is 0 Å². The van der Waals surface area contributed by atoms with Gasteiger partial charge in [-0.1, -0.05) is 6.92 Å². The van der Waals surface area contributed by atoms with Gasteiger partial charge in [0.15, 0.2) is 0 Å². The summed E-state index contributed by atoms with van der Waals surface area (Å²) in [7, 11) is 3.98. The van der Waals surface area contributed by atoms with Gasteiger partial charge in [0.2, 0.25) is 0 Å². The normalized spacial score (nSPS) is 20.0. The number of likely N-dealkylation sites (tertiary alicyclic amines) is 1. The molecule has 0 bridgehead atoms. The number of hydrogen-bond donors (Lipinski definition) is 1. The minimum absolute atomic E-state index is 0.369. The fraction of sp³-hybridized carbons (Fsp3) is 0.846. The first kappa shape index (κ1) is 15.0. The van der Waals surface area contributed by atoms with E-state index in [1.54, 1.807) is 4.90 Å². The second kappa shape index (κ2) is 7.36. The summed E-state index contributed by atoms with van der Waals surface area (Å²) in [5, 5.41) is 2.69. The average molecular weight is 255 g/mol. The van der Waals surface area contributed by atoms with Crippen LogP contribution >= 0.6 is 0 Å². The molecule has 104 valence electrons. The van der Waals surface area contributed by atoms with Crippen molar-refractivity contribution >= 4 is 11.8 Å². The molecule has 0 aromatic rings. The molecule has 18 heavy (non-hydrogen) atoms. The maximum Gasteiger partial charge on any atom is 0.311 e. The lowest BCUT2D eigenvalue weighted by Crippen LogP contribution is -2.47. The molecule has 1 unspecified atom stereocenters. The third-order valence-electron chi connectivity index (χ3n) is 3.21. The molecule has 0 saturated carbocycles. The van der Waals surface area contributed by atoms with Gasteiger partial charge in [-0.2, -0.15) is 0 Å². The molecule has 0 spiro atoms. The second-order valence-electron chi connectivity index (χ2n) is 5.41. The van der Waals surface area contributed by atoms with E-state index in [0.717, 1.165) is 25.8 Å². The Kier molecular flexibility index (Phi) is 6.12. The van der Waals surface area contributed by atoms with E-state index in [0.29, 0.717) is 25.6 Å². The van der Waals surface area contributed by atoms with Crippen LogP contribution in [0.4, 0.5) is 0 Å². The maximum absolute atomic E-state index is 11.9. The lowest BCUT2D eigenvalue weighted by molar-refractivity contribution is -0.146. The van der Waals surface area contributed by atoms with Gasteiger partial charge in [0, 0.05) is 19.6 Å². The van der Waals surface area contributed by atoms with Crippen molar-refractivity contribution in [2.24, 2.45) is 5.92 Å². The van der Waals surface area contributed by atoms with Crippen molar-refractivity contribution in [3.05, 3.63) is 0 Å². The molecule has 1 aliphatic heterocycles. The Bertz CT molecular complexity index is 292. The zero-order valence-electron chi connectivity index (χ0n) is 11.7. The van der Waals surface area contributed by atoms with Crippen LogP contribution in [0.5, 0.6) is 0 Å². The number of hydrogen-bond acceptors (Lipinski definition) is 3. The Morgan fingerprint density at radius 2 is 2.11 bits per heavy atom. The highest BCUT2D eigenvalue weighted by atomic mass is 16.2. The van der Waals surface area contributed by atoms with Gasteiger partial charge < -0.3 is 15.1 Å². The first-order valence-electron chi connectivity index (χ1n) is 6.72.